The van der Waals surface area contributed by atoms with Crippen LogP contribution in [0.2, 0.25) is 0 Å². The molecule has 2 saturated carbocycles. The number of pyridine rings is 1. The number of alkyl halides is 2. The summed E-state index contributed by atoms with van der Waals surface area (Å²) in [6.45, 7) is 8.20. The topological polar surface area (TPSA) is 194 Å². The second kappa shape index (κ2) is 16.4. The molecule has 4 amide bonds. The molecule has 7 rings (SSSR count). The molecule has 2 aliphatic carbocycles. The molecule has 340 valence electrons. The molecule has 4 heterocycles. The van der Waals surface area contributed by atoms with Gasteiger partial charge in [0.15, 0.2) is 0 Å². The van der Waals surface area contributed by atoms with E-state index in [4.69, 9.17) is 19.2 Å². The van der Waals surface area contributed by atoms with Crippen LogP contribution < -0.4 is 24.2 Å². The van der Waals surface area contributed by atoms with Crippen LogP contribution in [0.3, 0.4) is 0 Å². The smallest absolute Gasteiger partial charge is 0.408 e. The number of sulfonamides is 1. The number of hydrogen-bond donors (Lipinski definition) is 3. The van der Waals surface area contributed by atoms with Gasteiger partial charge in [0.05, 0.1) is 25.0 Å². The average Bonchev–Trinajstić information content (AvgIpc) is 4.09. The fourth-order valence-corrected chi connectivity index (χ4v) is 10.6. The number of halogens is 2. The third-order valence-electron chi connectivity index (χ3n) is 14.1. The van der Waals surface area contributed by atoms with Crippen molar-refractivity contribution in [1.82, 2.24) is 24.8 Å². The van der Waals surface area contributed by atoms with Crippen molar-refractivity contribution in [1.29, 1.82) is 0 Å². The van der Waals surface area contributed by atoms with E-state index in [-0.39, 0.29) is 37.6 Å². The first-order valence-corrected chi connectivity index (χ1v) is 23.1. The highest BCUT2D eigenvalue weighted by Gasteiger charge is 2.63. The molecule has 1 aromatic heterocycles. The second-order valence-electron chi connectivity index (χ2n) is 18.8. The van der Waals surface area contributed by atoms with Gasteiger partial charge in [-0.1, -0.05) is 32.4 Å². The standard InChI is InChI=1S/C44H59F2N5O10S/c1-8-26-20-25(2)12-9-10-13-27-23-44(27,39(54)49-62(57,58)42(5)17-18-42)48-35(52)33-22-29(24-50(33)38(53)34(26)51(40(55)56)41(3,4)43(6,45)46)61-37-31-16-15-28(59-7)21-32(31)30-14-11-19-60-36(30)47-37/h10,13,15-16,21,25-27,29,33-34H,8-9,11-12,14,17-20,22-24H2,1-7H3,(H,48,52)(H,49,54)(H,55,56)/t25-,26-,27-,29-,33+,34+,44-/m1/s1. The zero-order chi connectivity index (χ0) is 45.2. The van der Waals surface area contributed by atoms with Crippen LogP contribution in [0, 0.1) is 17.8 Å². The maximum atomic E-state index is 15.6. The zero-order valence-corrected chi connectivity index (χ0v) is 37.3. The zero-order valence-electron chi connectivity index (χ0n) is 36.5. The number of allylic oxidation sites excluding steroid dienone is 1. The molecular formula is C44H59F2N5O10S. The summed E-state index contributed by atoms with van der Waals surface area (Å²) >= 11 is 0. The van der Waals surface area contributed by atoms with E-state index in [9.17, 15) is 27.9 Å². The summed E-state index contributed by atoms with van der Waals surface area (Å²) in [5.74, 6) is -6.48. The number of ether oxygens (including phenoxy) is 3. The second-order valence-corrected chi connectivity index (χ2v) is 21.0. The van der Waals surface area contributed by atoms with Crippen LogP contribution >= 0.6 is 0 Å². The molecular weight excluding hydrogens is 829 g/mol. The molecule has 5 aliphatic rings. The Morgan fingerprint density at radius 2 is 1.89 bits per heavy atom. The number of methoxy groups -OCH3 is 1. The maximum absolute atomic E-state index is 15.6. The van der Waals surface area contributed by atoms with Crippen LogP contribution in [-0.2, 0) is 30.8 Å². The monoisotopic (exact) mass is 887 g/mol. The quantitative estimate of drug-likeness (QED) is 0.238. The van der Waals surface area contributed by atoms with Crippen molar-refractivity contribution >= 4 is 44.6 Å². The lowest BCUT2D eigenvalue weighted by molar-refractivity contribution is -0.157. The summed E-state index contributed by atoms with van der Waals surface area (Å²) in [5.41, 5.74) is -3.19. The molecule has 18 heteroatoms. The van der Waals surface area contributed by atoms with Gasteiger partial charge in [0.25, 0.3) is 11.8 Å². The molecule has 3 aliphatic heterocycles. The van der Waals surface area contributed by atoms with Gasteiger partial charge in [0.2, 0.25) is 33.6 Å². The SMILES string of the molecule is CC[C@@H]1C[C@H](C)CCC=C[C@@H]2C[C@@]2(C(=O)NS(=O)(=O)C2(C)CC2)NC(=O)[C@@H]2C[C@@H](Oc3nc4c(c5cc(OC)ccc35)CCCO4)CN2C(=O)[C@H]1N(C(=O)O)C(C)(C)C(C)(F)F. The first-order valence-electron chi connectivity index (χ1n) is 21.6. The normalized spacial score (nSPS) is 28.8. The van der Waals surface area contributed by atoms with E-state index < -0.39 is 85.6 Å². The van der Waals surface area contributed by atoms with Gasteiger partial charge < -0.3 is 29.5 Å². The number of aromatic nitrogens is 1. The van der Waals surface area contributed by atoms with E-state index in [2.05, 4.69) is 10.0 Å². The highest BCUT2D eigenvalue weighted by Crippen LogP contribution is 2.48. The number of fused-ring (bicyclic) bond motifs is 5. The van der Waals surface area contributed by atoms with Gasteiger partial charge in [-0.05, 0) is 108 Å². The number of hydrogen-bond acceptors (Lipinski definition) is 10. The molecule has 0 bridgehead atoms. The third kappa shape index (κ3) is 8.27. The molecule has 62 heavy (non-hydrogen) atoms. The molecule has 7 atom stereocenters. The van der Waals surface area contributed by atoms with Crippen molar-refractivity contribution < 1.29 is 55.7 Å². The van der Waals surface area contributed by atoms with Crippen LogP contribution in [0.15, 0.2) is 30.4 Å². The number of aryl methyl sites for hydroxylation is 1. The number of amides is 4. The van der Waals surface area contributed by atoms with Gasteiger partial charge in [-0.25, -0.2) is 22.0 Å². The Balaban J connectivity index is 1.32. The molecule has 15 nitrogen and oxygen atoms in total. The molecule has 3 N–H and O–H groups in total. The largest absolute Gasteiger partial charge is 0.497 e. The van der Waals surface area contributed by atoms with Crippen molar-refractivity contribution in [2.45, 2.75) is 146 Å². The van der Waals surface area contributed by atoms with E-state index in [1.807, 2.05) is 19.1 Å². The first-order chi connectivity index (χ1) is 29.1. The summed E-state index contributed by atoms with van der Waals surface area (Å²) in [4.78, 5) is 64.1. The van der Waals surface area contributed by atoms with Crippen LogP contribution in [-0.4, -0.2) is 112 Å². The van der Waals surface area contributed by atoms with Crippen molar-refractivity contribution in [2.75, 3.05) is 20.3 Å². The van der Waals surface area contributed by atoms with Gasteiger partial charge in [0.1, 0.15) is 35.0 Å². The molecule has 1 aromatic carbocycles. The van der Waals surface area contributed by atoms with Gasteiger partial charge in [-0.15, -0.1) is 0 Å². The Morgan fingerprint density at radius 1 is 1.16 bits per heavy atom. The Morgan fingerprint density at radius 3 is 2.53 bits per heavy atom. The minimum atomic E-state index is -4.10. The Labute approximate surface area is 361 Å². The van der Waals surface area contributed by atoms with Gasteiger partial charge in [-0.2, -0.15) is 4.98 Å². The van der Waals surface area contributed by atoms with E-state index in [0.717, 1.165) is 31.2 Å². The fourth-order valence-electron chi connectivity index (χ4n) is 9.29. The van der Waals surface area contributed by atoms with Crippen LogP contribution in [0.25, 0.3) is 10.8 Å². The highest BCUT2D eigenvalue weighted by molar-refractivity contribution is 7.91. The molecule has 0 unspecified atom stereocenters. The predicted molar refractivity (Wildman–Crippen MR) is 225 cm³/mol. The van der Waals surface area contributed by atoms with Crippen molar-refractivity contribution in [3.05, 3.63) is 35.9 Å². The van der Waals surface area contributed by atoms with Crippen LogP contribution in [0.5, 0.6) is 17.5 Å². The minimum Gasteiger partial charge on any atom is -0.497 e. The fraction of sp³-hybridized carbons (Fsp3) is 0.659. The van der Waals surface area contributed by atoms with Crippen molar-refractivity contribution in [3.63, 3.8) is 0 Å². The Hall–Kier alpha value is -4.74. The lowest BCUT2D eigenvalue weighted by Gasteiger charge is -2.47. The number of nitrogens with one attached hydrogen (secondary N) is 2. The average molecular weight is 888 g/mol. The summed E-state index contributed by atoms with van der Waals surface area (Å²) in [6, 6.07) is 2.33. The maximum Gasteiger partial charge on any atom is 0.408 e. The summed E-state index contributed by atoms with van der Waals surface area (Å²) < 4.78 is 76.9. The number of carboxylic acid groups (broad SMARTS) is 1. The summed E-state index contributed by atoms with van der Waals surface area (Å²) in [7, 11) is -2.55. The Bertz CT molecular complexity index is 2260. The predicted octanol–water partition coefficient (Wildman–Crippen LogP) is 5.97. The number of carbonyl (C=O) groups excluding carboxylic acids is 3. The minimum absolute atomic E-state index is 0.0883. The molecule has 2 aromatic rings. The van der Waals surface area contributed by atoms with Crippen LogP contribution in [0.4, 0.5) is 13.6 Å². The number of rotatable bonds is 10. The van der Waals surface area contributed by atoms with Gasteiger partial charge in [0, 0.05) is 30.2 Å². The third-order valence-corrected chi connectivity index (χ3v) is 16.2. The van der Waals surface area contributed by atoms with E-state index in [1.165, 1.54) is 4.90 Å². The van der Waals surface area contributed by atoms with E-state index in [1.54, 1.807) is 39.2 Å². The number of benzene rings is 1. The lowest BCUT2D eigenvalue weighted by Crippen LogP contribution is -2.67. The number of nitrogens with zero attached hydrogens (tertiary/aromatic N) is 3. The highest BCUT2D eigenvalue weighted by atomic mass is 32.2. The first kappa shape index (κ1) is 45.3. The molecule has 0 radical (unpaired) electrons. The summed E-state index contributed by atoms with van der Waals surface area (Å²) in [5, 5.41) is 15.0. The lowest BCUT2D eigenvalue weighted by atomic mass is 9.81. The van der Waals surface area contributed by atoms with Crippen molar-refractivity contribution in [2.24, 2.45) is 17.8 Å². The van der Waals surface area contributed by atoms with Gasteiger partial charge in [-0.3, -0.25) is 24.0 Å². The van der Waals surface area contributed by atoms with Gasteiger partial charge >= 0.3 is 6.09 Å². The molecule has 3 fully saturated rings. The van der Waals surface area contributed by atoms with E-state index >= 15 is 13.6 Å². The van der Waals surface area contributed by atoms with Crippen molar-refractivity contribution in [3.8, 4) is 17.5 Å². The molecule has 1 saturated heterocycles. The molecule has 0 spiro atoms. The van der Waals surface area contributed by atoms with E-state index in [0.29, 0.717) is 74.0 Å². The Kier molecular flexibility index (Phi) is 12.0. The summed E-state index contributed by atoms with van der Waals surface area (Å²) in [6.07, 6.45) is 4.79. The number of carbonyl (C=O) groups is 4. The van der Waals surface area contributed by atoms with Crippen LogP contribution in [0.1, 0.15) is 105 Å².